The van der Waals surface area contributed by atoms with Crippen molar-refractivity contribution in [2.24, 2.45) is 0 Å². The van der Waals surface area contributed by atoms with Gasteiger partial charge in [0.05, 0.1) is 0 Å². The third-order valence-electron chi connectivity index (χ3n) is 3.41. The SMILES string of the molecule is Cc1ncc([N+](=O)[O-])n1S(=O)(=O)c1ccc(Cl)c2ccccc12. The fourth-order valence-corrected chi connectivity index (χ4v) is 4.27. The number of fused-ring (bicyclic) bond motifs is 1. The van der Waals surface area contributed by atoms with E-state index in [1.165, 1.54) is 19.1 Å². The molecule has 0 unspecified atom stereocenters. The Labute approximate surface area is 136 Å². The van der Waals surface area contributed by atoms with E-state index in [-0.39, 0.29) is 10.7 Å². The number of rotatable bonds is 3. The fraction of sp³-hybridized carbons (Fsp3) is 0.0714. The first-order chi connectivity index (χ1) is 10.8. The number of halogens is 1. The zero-order valence-electron chi connectivity index (χ0n) is 11.8. The summed E-state index contributed by atoms with van der Waals surface area (Å²) in [4.78, 5) is 14.0. The predicted molar refractivity (Wildman–Crippen MR) is 85.2 cm³/mol. The van der Waals surface area contributed by atoms with Gasteiger partial charge in [0.15, 0.2) is 0 Å². The summed E-state index contributed by atoms with van der Waals surface area (Å²) in [6, 6.07) is 9.48. The molecular weight excluding hydrogens is 342 g/mol. The lowest BCUT2D eigenvalue weighted by atomic mass is 10.1. The van der Waals surface area contributed by atoms with Crippen molar-refractivity contribution in [3.8, 4) is 0 Å². The van der Waals surface area contributed by atoms with Gasteiger partial charge < -0.3 is 10.1 Å². The van der Waals surface area contributed by atoms with Crippen molar-refractivity contribution in [2.75, 3.05) is 0 Å². The molecule has 1 aromatic heterocycles. The van der Waals surface area contributed by atoms with E-state index in [4.69, 9.17) is 11.6 Å². The molecule has 2 aromatic carbocycles. The fourth-order valence-electron chi connectivity index (χ4n) is 2.40. The molecule has 0 atom stereocenters. The molecule has 7 nitrogen and oxygen atoms in total. The van der Waals surface area contributed by atoms with Gasteiger partial charge in [0.1, 0.15) is 11.1 Å². The topological polar surface area (TPSA) is 95.1 Å². The van der Waals surface area contributed by atoms with Crippen LogP contribution in [0.1, 0.15) is 5.82 Å². The first kappa shape index (κ1) is 15.4. The lowest BCUT2D eigenvalue weighted by Crippen LogP contribution is -2.17. The van der Waals surface area contributed by atoms with Crippen LogP contribution in [0, 0.1) is 17.0 Å². The quantitative estimate of drug-likeness (QED) is 0.533. The molecule has 23 heavy (non-hydrogen) atoms. The molecule has 0 saturated heterocycles. The molecule has 3 rings (SSSR count). The van der Waals surface area contributed by atoms with Gasteiger partial charge in [0.2, 0.25) is 5.82 Å². The monoisotopic (exact) mass is 351 g/mol. The summed E-state index contributed by atoms with van der Waals surface area (Å²) >= 11 is 6.09. The molecule has 0 saturated carbocycles. The third kappa shape index (κ3) is 2.36. The molecule has 0 amide bonds. The highest BCUT2D eigenvalue weighted by Crippen LogP contribution is 2.32. The van der Waals surface area contributed by atoms with Gasteiger partial charge >= 0.3 is 15.8 Å². The van der Waals surface area contributed by atoms with E-state index < -0.39 is 20.8 Å². The summed E-state index contributed by atoms with van der Waals surface area (Å²) in [6.07, 6.45) is 0.922. The van der Waals surface area contributed by atoms with Crippen LogP contribution < -0.4 is 0 Å². The predicted octanol–water partition coefficient (Wildman–Crippen LogP) is 3.14. The molecule has 3 aromatic rings. The van der Waals surface area contributed by atoms with Crippen LogP contribution in [0.5, 0.6) is 0 Å². The molecule has 0 radical (unpaired) electrons. The molecule has 0 fully saturated rings. The van der Waals surface area contributed by atoms with Crippen LogP contribution in [0.15, 0.2) is 47.5 Å². The third-order valence-corrected chi connectivity index (χ3v) is 5.58. The molecule has 1 heterocycles. The van der Waals surface area contributed by atoms with Crippen molar-refractivity contribution in [1.82, 2.24) is 8.96 Å². The van der Waals surface area contributed by atoms with Gasteiger partial charge in [0.25, 0.3) is 0 Å². The van der Waals surface area contributed by atoms with Crippen LogP contribution in [0.2, 0.25) is 5.02 Å². The van der Waals surface area contributed by atoms with E-state index in [0.717, 1.165) is 6.20 Å². The van der Waals surface area contributed by atoms with Gasteiger partial charge in [-0.25, -0.2) is 4.98 Å². The summed E-state index contributed by atoms with van der Waals surface area (Å²) in [6.45, 7) is 1.39. The van der Waals surface area contributed by atoms with Crippen LogP contribution >= 0.6 is 11.6 Å². The Morgan fingerprint density at radius 1 is 1.17 bits per heavy atom. The maximum atomic E-state index is 12.9. The second-order valence-corrected chi connectivity index (χ2v) is 6.94. The summed E-state index contributed by atoms with van der Waals surface area (Å²) in [5, 5.41) is 12.4. The Kier molecular flexibility index (Phi) is 3.57. The van der Waals surface area contributed by atoms with Gasteiger partial charge in [-0.1, -0.05) is 39.8 Å². The van der Waals surface area contributed by atoms with Crippen molar-refractivity contribution < 1.29 is 13.3 Å². The standard InChI is InChI=1S/C14H10ClN3O4S/c1-9-16-8-14(18(19)20)17(9)23(21,22)13-7-6-12(15)10-4-2-3-5-11(10)13/h2-8H,1H3. The smallest absolute Gasteiger partial charge is 0.358 e. The first-order valence-corrected chi connectivity index (χ1v) is 8.27. The van der Waals surface area contributed by atoms with E-state index in [0.29, 0.717) is 19.8 Å². The Morgan fingerprint density at radius 3 is 2.48 bits per heavy atom. The number of imidazole rings is 1. The second-order valence-electron chi connectivity index (χ2n) is 4.78. The zero-order valence-corrected chi connectivity index (χ0v) is 13.4. The van der Waals surface area contributed by atoms with Crippen molar-refractivity contribution in [3.63, 3.8) is 0 Å². The number of benzene rings is 2. The van der Waals surface area contributed by atoms with Crippen LogP contribution in [0.4, 0.5) is 5.82 Å². The van der Waals surface area contributed by atoms with Crippen molar-refractivity contribution in [2.45, 2.75) is 11.8 Å². The van der Waals surface area contributed by atoms with Crippen LogP contribution in [0.3, 0.4) is 0 Å². The Balaban J connectivity index is 2.37. The molecule has 0 aliphatic rings. The van der Waals surface area contributed by atoms with E-state index in [9.17, 15) is 18.5 Å². The first-order valence-electron chi connectivity index (χ1n) is 6.45. The molecule has 0 spiro atoms. The highest BCUT2D eigenvalue weighted by Gasteiger charge is 2.32. The van der Waals surface area contributed by atoms with E-state index in [2.05, 4.69) is 4.98 Å². The summed E-state index contributed by atoms with van der Waals surface area (Å²) in [5.74, 6) is -0.600. The van der Waals surface area contributed by atoms with E-state index in [1.807, 2.05) is 0 Å². The van der Waals surface area contributed by atoms with Crippen molar-refractivity contribution >= 4 is 38.2 Å². The second kappa shape index (κ2) is 5.32. The normalized spacial score (nSPS) is 11.7. The van der Waals surface area contributed by atoms with Crippen LogP contribution in [-0.2, 0) is 10.0 Å². The van der Waals surface area contributed by atoms with E-state index in [1.54, 1.807) is 24.3 Å². The minimum absolute atomic E-state index is 0.00994. The average molecular weight is 352 g/mol. The molecule has 9 heteroatoms. The van der Waals surface area contributed by atoms with Gasteiger partial charge in [-0.15, -0.1) is 0 Å². The highest BCUT2D eigenvalue weighted by molar-refractivity contribution is 7.90. The molecule has 0 aliphatic heterocycles. The van der Waals surface area contributed by atoms with E-state index >= 15 is 0 Å². The molecular formula is C14H10ClN3O4S. The van der Waals surface area contributed by atoms with Crippen LogP contribution in [0.25, 0.3) is 10.8 Å². The number of aryl methyl sites for hydroxylation is 1. The number of aromatic nitrogens is 2. The average Bonchev–Trinajstić information content (AvgIpc) is 2.90. The number of nitrogens with zero attached hydrogens (tertiary/aromatic N) is 3. The number of hydrogen-bond donors (Lipinski definition) is 0. The summed E-state index contributed by atoms with van der Waals surface area (Å²) < 4.78 is 26.5. The Morgan fingerprint density at radius 2 is 1.83 bits per heavy atom. The summed E-state index contributed by atoms with van der Waals surface area (Å²) in [5.41, 5.74) is 0. The summed E-state index contributed by atoms with van der Waals surface area (Å²) in [7, 11) is -4.19. The molecule has 118 valence electrons. The number of hydrogen-bond acceptors (Lipinski definition) is 5. The number of nitro groups is 1. The minimum atomic E-state index is -4.19. The van der Waals surface area contributed by atoms with Gasteiger partial charge in [-0.3, -0.25) is 0 Å². The molecule has 0 bridgehead atoms. The van der Waals surface area contributed by atoms with Crippen molar-refractivity contribution in [3.05, 3.63) is 63.6 Å². The Hall–Kier alpha value is -2.45. The van der Waals surface area contributed by atoms with Crippen molar-refractivity contribution in [1.29, 1.82) is 0 Å². The maximum Gasteiger partial charge on any atom is 0.358 e. The zero-order chi connectivity index (χ0) is 16.8. The van der Waals surface area contributed by atoms with Gasteiger partial charge in [-0.05, 0) is 17.1 Å². The maximum absolute atomic E-state index is 12.9. The largest absolute Gasteiger partial charge is 0.358 e. The molecule has 0 aliphatic carbocycles. The van der Waals surface area contributed by atoms with Crippen LogP contribution in [-0.4, -0.2) is 22.3 Å². The highest BCUT2D eigenvalue weighted by atomic mass is 35.5. The lowest BCUT2D eigenvalue weighted by Gasteiger charge is -2.08. The van der Waals surface area contributed by atoms with Gasteiger partial charge in [-0.2, -0.15) is 8.42 Å². The Bertz CT molecular complexity index is 1040. The lowest BCUT2D eigenvalue weighted by molar-refractivity contribution is -0.390. The molecule has 0 N–H and O–H groups in total. The minimum Gasteiger partial charge on any atom is -0.358 e. The van der Waals surface area contributed by atoms with Gasteiger partial charge in [0, 0.05) is 22.7 Å².